The standard InChI is InChI=1S/C33H36BrCl2N3O6/c1-32(2,3)45-28(41)15-16-33(31(42)39-37-20-21-9-14-26(35)27(36)19-21)29(24-7-4-5-8-25(24)34)44-30(38-33)22-10-12-23(13-11-22)43-18-6-17-40/h4-5,7-14,19,29,37,40H,6,15-18,20H2,1-3H3,(H,39,42)/t29-,33-/m0/s1. The third kappa shape index (κ3) is 9.20. The molecule has 45 heavy (non-hydrogen) atoms. The van der Waals surface area contributed by atoms with Crippen molar-refractivity contribution in [1.29, 1.82) is 0 Å². The Labute approximate surface area is 281 Å². The van der Waals surface area contributed by atoms with Gasteiger partial charge in [0.2, 0.25) is 5.90 Å². The Bertz CT molecular complexity index is 1530. The van der Waals surface area contributed by atoms with Crippen molar-refractivity contribution in [3.05, 3.63) is 97.9 Å². The number of hydrogen-bond acceptors (Lipinski definition) is 8. The zero-order chi connectivity index (χ0) is 32.6. The summed E-state index contributed by atoms with van der Waals surface area (Å²) >= 11 is 15.8. The predicted molar refractivity (Wildman–Crippen MR) is 177 cm³/mol. The number of carbonyl (C=O) groups excluding carboxylic acids is 2. The van der Waals surface area contributed by atoms with Crippen LogP contribution in [-0.2, 0) is 25.6 Å². The second-order valence-corrected chi connectivity index (χ2v) is 13.1. The van der Waals surface area contributed by atoms with Crippen LogP contribution in [0.4, 0.5) is 0 Å². The highest BCUT2D eigenvalue weighted by Gasteiger charge is 2.54. The number of esters is 1. The van der Waals surface area contributed by atoms with Crippen molar-refractivity contribution in [2.45, 2.75) is 63.8 Å². The number of aliphatic imine (C=N–C) groups is 1. The quantitative estimate of drug-likeness (QED) is 0.102. The first-order chi connectivity index (χ1) is 21.4. The topological polar surface area (TPSA) is 118 Å². The van der Waals surface area contributed by atoms with E-state index in [1.165, 1.54) is 0 Å². The Morgan fingerprint density at radius 2 is 1.80 bits per heavy atom. The van der Waals surface area contributed by atoms with E-state index in [1.807, 2.05) is 24.3 Å². The first kappa shape index (κ1) is 34.7. The molecule has 0 saturated carbocycles. The molecule has 4 rings (SSSR count). The highest BCUT2D eigenvalue weighted by atomic mass is 79.9. The zero-order valence-electron chi connectivity index (χ0n) is 25.2. The molecule has 240 valence electrons. The Hall–Kier alpha value is -3.15. The number of benzene rings is 3. The number of aliphatic hydroxyl groups excluding tert-OH is 1. The van der Waals surface area contributed by atoms with Crippen LogP contribution < -0.4 is 15.6 Å². The molecule has 12 heteroatoms. The molecule has 0 aliphatic carbocycles. The molecular formula is C33H36BrCl2N3O6. The third-order valence-corrected chi connectivity index (χ3v) is 8.29. The highest BCUT2D eigenvalue weighted by Crippen LogP contribution is 2.45. The number of nitrogens with one attached hydrogen (secondary N) is 2. The lowest BCUT2D eigenvalue weighted by molar-refractivity contribution is -0.155. The summed E-state index contributed by atoms with van der Waals surface area (Å²) in [5.74, 6) is -0.0988. The molecule has 0 radical (unpaired) electrons. The monoisotopic (exact) mass is 719 g/mol. The van der Waals surface area contributed by atoms with Crippen molar-refractivity contribution in [1.82, 2.24) is 10.9 Å². The van der Waals surface area contributed by atoms with Crippen LogP contribution in [0.3, 0.4) is 0 Å². The van der Waals surface area contributed by atoms with Gasteiger partial charge in [-0.05, 0) is 75.2 Å². The van der Waals surface area contributed by atoms with Gasteiger partial charge in [-0.15, -0.1) is 0 Å². The Balaban J connectivity index is 1.69. The number of aliphatic hydroxyl groups is 1. The summed E-state index contributed by atoms with van der Waals surface area (Å²) in [5.41, 5.74) is 5.60. The van der Waals surface area contributed by atoms with Crippen LogP contribution in [0, 0.1) is 0 Å². The van der Waals surface area contributed by atoms with Gasteiger partial charge in [-0.3, -0.25) is 15.0 Å². The maximum Gasteiger partial charge on any atom is 0.306 e. The smallest absolute Gasteiger partial charge is 0.306 e. The van der Waals surface area contributed by atoms with Crippen LogP contribution in [0.1, 0.15) is 62.8 Å². The average Bonchev–Trinajstić information content (AvgIpc) is 3.38. The number of hydrogen-bond donors (Lipinski definition) is 3. The lowest BCUT2D eigenvalue weighted by Crippen LogP contribution is -2.52. The molecule has 0 bridgehead atoms. The molecule has 0 spiro atoms. The fourth-order valence-corrected chi connectivity index (χ4v) is 5.52. The maximum absolute atomic E-state index is 14.2. The normalized spacial score (nSPS) is 17.8. The van der Waals surface area contributed by atoms with E-state index in [-0.39, 0.29) is 31.9 Å². The van der Waals surface area contributed by atoms with Crippen LogP contribution in [-0.4, -0.2) is 47.2 Å². The van der Waals surface area contributed by atoms with E-state index in [9.17, 15) is 9.59 Å². The third-order valence-electron chi connectivity index (χ3n) is 6.83. The molecular weight excluding hydrogens is 685 g/mol. The van der Waals surface area contributed by atoms with E-state index < -0.39 is 29.1 Å². The van der Waals surface area contributed by atoms with Gasteiger partial charge < -0.3 is 19.3 Å². The van der Waals surface area contributed by atoms with Gasteiger partial charge in [-0.2, -0.15) is 0 Å². The number of amides is 1. The lowest BCUT2D eigenvalue weighted by atomic mass is 9.83. The van der Waals surface area contributed by atoms with E-state index >= 15 is 0 Å². The fraction of sp³-hybridized carbons (Fsp3) is 0.364. The van der Waals surface area contributed by atoms with Gasteiger partial charge in [0, 0.05) is 41.6 Å². The van der Waals surface area contributed by atoms with Crippen molar-refractivity contribution in [2.24, 2.45) is 4.99 Å². The number of carbonyl (C=O) groups is 2. The zero-order valence-corrected chi connectivity index (χ0v) is 28.3. The van der Waals surface area contributed by atoms with Crippen LogP contribution in [0.15, 0.2) is 76.2 Å². The van der Waals surface area contributed by atoms with E-state index in [4.69, 9.17) is 47.5 Å². The summed E-state index contributed by atoms with van der Waals surface area (Å²) in [6.07, 6.45) is -0.465. The summed E-state index contributed by atoms with van der Waals surface area (Å²) in [6.45, 7) is 6.03. The molecule has 0 fully saturated rings. The second kappa shape index (κ2) is 15.4. The van der Waals surface area contributed by atoms with Crippen LogP contribution in [0.25, 0.3) is 0 Å². The Morgan fingerprint density at radius 1 is 1.07 bits per heavy atom. The lowest BCUT2D eigenvalue weighted by Gasteiger charge is -2.31. The molecule has 1 aliphatic heterocycles. The molecule has 9 nitrogen and oxygen atoms in total. The summed E-state index contributed by atoms with van der Waals surface area (Å²) in [7, 11) is 0. The minimum atomic E-state index is -1.56. The van der Waals surface area contributed by atoms with Crippen LogP contribution in [0.5, 0.6) is 5.75 Å². The van der Waals surface area contributed by atoms with Gasteiger partial charge in [0.25, 0.3) is 5.91 Å². The van der Waals surface area contributed by atoms with Gasteiger partial charge in [-0.25, -0.2) is 10.4 Å². The van der Waals surface area contributed by atoms with Crippen molar-refractivity contribution in [3.8, 4) is 5.75 Å². The van der Waals surface area contributed by atoms with Crippen molar-refractivity contribution < 1.29 is 28.9 Å². The molecule has 0 unspecified atom stereocenters. The van der Waals surface area contributed by atoms with Crippen molar-refractivity contribution >= 4 is 56.9 Å². The first-order valence-electron chi connectivity index (χ1n) is 14.5. The average molecular weight is 721 g/mol. The first-order valence-corrected chi connectivity index (χ1v) is 16.0. The minimum Gasteiger partial charge on any atom is -0.494 e. The Morgan fingerprint density at radius 3 is 2.47 bits per heavy atom. The second-order valence-electron chi connectivity index (χ2n) is 11.5. The van der Waals surface area contributed by atoms with Crippen molar-refractivity contribution in [2.75, 3.05) is 13.2 Å². The molecule has 1 aliphatic rings. The predicted octanol–water partition coefficient (Wildman–Crippen LogP) is 6.72. The molecule has 1 amide bonds. The molecule has 0 saturated heterocycles. The molecule has 3 N–H and O–H groups in total. The molecule has 2 atom stereocenters. The van der Waals surface area contributed by atoms with Gasteiger partial charge in [0.15, 0.2) is 11.6 Å². The maximum atomic E-state index is 14.2. The number of nitrogens with zero attached hydrogens (tertiary/aromatic N) is 1. The largest absolute Gasteiger partial charge is 0.494 e. The van der Waals surface area contributed by atoms with Gasteiger partial charge >= 0.3 is 5.97 Å². The number of rotatable bonds is 13. The fourth-order valence-electron chi connectivity index (χ4n) is 4.70. The summed E-state index contributed by atoms with van der Waals surface area (Å²) in [6, 6.07) is 19.7. The van der Waals surface area contributed by atoms with E-state index in [2.05, 4.69) is 26.8 Å². The van der Waals surface area contributed by atoms with Gasteiger partial charge in [0.05, 0.1) is 16.7 Å². The molecule has 0 aromatic heterocycles. The van der Waals surface area contributed by atoms with Crippen molar-refractivity contribution in [3.63, 3.8) is 0 Å². The molecule has 3 aromatic carbocycles. The van der Waals surface area contributed by atoms with Crippen LogP contribution >= 0.6 is 39.1 Å². The number of hydrazine groups is 1. The van der Waals surface area contributed by atoms with Gasteiger partial charge in [-0.1, -0.05) is 63.4 Å². The summed E-state index contributed by atoms with van der Waals surface area (Å²) in [5, 5.41) is 9.86. The number of ether oxygens (including phenoxy) is 3. The van der Waals surface area contributed by atoms with Crippen LogP contribution in [0.2, 0.25) is 10.0 Å². The van der Waals surface area contributed by atoms with E-state index in [1.54, 1.807) is 63.2 Å². The highest BCUT2D eigenvalue weighted by molar-refractivity contribution is 9.10. The molecule has 3 aromatic rings. The summed E-state index contributed by atoms with van der Waals surface area (Å²) in [4.78, 5) is 32.1. The van der Waals surface area contributed by atoms with E-state index in [0.29, 0.717) is 39.9 Å². The minimum absolute atomic E-state index is 0.0000547. The SMILES string of the molecule is CC(C)(C)OC(=O)CC[C@]1(C(=O)NNCc2ccc(Cl)c(Cl)c2)N=C(c2ccc(OCCCO)cc2)O[C@H]1c1ccccc1Br. The van der Waals surface area contributed by atoms with E-state index in [0.717, 1.165) is 10.0 Å². The summed E-state index contributed by atoms with van der Waals surface area (Å²) < 4.78 is 18.4. The number of halogens is 3. The Kier molecular flexibility index (Phi) is 11.9. The molecule has 1 heterocycles. The van der Waals surface area contributed by atoms with Gasteiger partial charge in [0.1, 0.15) is 11.4 Å².